The molecule has 2 aromatic rings. The van der Waals surface area contributed by atoms with Gasteiger partial charge in [0.1, 0.15) is 12.6 Å². The number of hydrogen-bond donors (Lipinski definition) is 1. The Morgan fingerprint density at radius 3 is 2.06 bits per heavy atom. The Kier molecular flexibility index (Phi) is 8.66. The number of anilines is 1. The number of carbonyl (C=O) groups excluding carboxylic acids is 2. The Labute approximate surface area is 197 Å². The van der Waals surface area contributed by atoms with Gasteiger partial charge in [0.25, 0.3) is 0 Å². The largest absolute Gasteiger partial charge is 0.352 e. The zero-order valence-corrected chi connectivity index (χ0v) is 21.4. The number of amides is 2. The van der Waals surface area contributed by atoms with Crippen molar-refractivity contribution in [2.75, 3.05) is 17.1 Å². The molecular weight excluding hydrogens is 438 g/mol. The second-order valence-corrected chi connectivity index (χ2v) is 10.8. The first-order valence-corrected chi connectivity index (χ1v) is 12.9. The Hall–Kier alpha value is -2.87. The lowest BCUT2D eigenvalue weighted by Crippen LogP contribution is -2.52. The number of para-hydroxylation sites is 1. The van der Waals surface area contributed by atoms with E-state index in [1.807, 2.05) is 77.1 Å². The molecule has 1 unspecified atom stereocenters. The third kappa shape index (κ3) is 7.05. The zero-order chi connectivity index (χ0) is 24.9. The summed E-state index contributed by atoms with van der Waals surface area (Å²) in [6.45, 7) is 10.7. The molecule has 2 aromatic carbocycles. The number of nitrogens with zero attached hydrogens (tertiary/aromatic N) is 2. The molecular formula is C25H35N3O4S. The van der Waals surface area contributed by atoms with Crippen LogP contribution >= 0.6 is 0 Å². The molecule has 180 valence electrons. The third-order valence-corrected chi connectivity index (χ3v) is 6.51. The first-order valence-electron chi connectivity index (χ1n) is 11.0. The summed E-state index contributed by atoms with van der Waals surface area (Å²) in [5.41, 5.74) is 3.90. The molecule has 0 bridgehead atoms. The third-order valence-electron chi connectivity index (χ3n) is 5.40. The molecule has 0 spiro atoms. The van der Waals surface area contributed by atoms with Crippen LogP contribution < -0.4 is 9.62 Å². The Morgan fingerprint density at radius 2 is 1.55 bits per heavy atom. The molecule has 33 heavy (non-hydrogen) atoms. The van der Waals surface area contributed by atoms with Crippen molar-refractivity contribution in [3.05, 3.63) is 64.7 Å². The molecule has 0 aliphatic rings. The summed E-state index contributed by atoms with van der Waals surface area (Å²) in [4.78, 5) is 27.8. The van der Waals surface area contributed by atoms with Crippen LogP contribution in [0, 0.1) is 20.8 Å². The van der Waals surface area contributed by atoms with Gasteiger partial charge in [-0.05, 0) is 58.2 Å². The minimum absolute atomic E-state index is 0.0852. The zero-order valence-electron chi connectivity index (χ0n) is 20.5. The number of carbonyl (C=O) groups is 2. The molecule has 0 fully saturated rings. The van der Waals surface area contributed by atoms with Gasteiger partial charge >= 0.3 is 0 Å². The maximum Gasteiger partial charge on any atom is 0.244 e. The predicted molar refractivity (Wildman–Crippen MR) is 133 cm³/mol. The van der Waals surface area contributed by atoms with E-state index >= 15 is 0 Å². The Balaban J connectivity index is 2.45. The summed E-state index contributed by atoms with van der Waals surface area (Å²) in [5.74, 6) is -0.736. The molecule has 7 nitrogen and oxygen atoms in total. The van der Waals surface area contributed by atoms with Crippen LogP contribution in [0.5, 0.6) is 0 Å². The maximum atomic E-state index is 13.6. The number of benzene rings is 2. The van der Waals surface area contributed by atoms with Crippen molar-refractivity contribution in [2.45, 2.75) is 60.2 Å². The van der Waals surface area contributed by atoms with Gasteiger partial charge in [0, 0.05) is 12.6 Å². The van der Waals surface area contributed by atoms with E-state index in [9.17, 15) is 18.0 Å². The first kappa shape index (κ1) is 26.4. The normalized spacial score (nSPS) is 12.4. The van der Waals surface area contributed by atoms with Gasteiger partial charge in [-0.15, -0.1) is 0 Å². The molecule has 0 radical (unpaired) electrons. The molecule has 0 aliphatic carbocycles. The highest BCUT2D eigenvalue weighted by molar-refractivity contribution is 7.92. The van der Waals surface area contributed by atoms with Gasteiger partial charge in [-0.1, -0.05) is 48.0 Å². The standard InChI is InChI=1S/C25H35N3O4S/c1-17(2)26-25(30)21(6)27(15-22-13-8-10-18(3)14-22)23(29)16-28(33(7,31)32)24-19(4)11-9-12-20(24)5/h8-14,17,21H,15-16H2,1-7H3,(H,26,30). The van der Waals surface area contributed by atoms with Crippen molar-refractivity contribution >= 4 is 27.5 Å². The molecule has 0 heterocycles. The van der Waals surface area contributed by atoms with Crippen molar-refractivity contribution in [1.29, 1.82) is 0 Å². The van der Waals surface area contributed by atoms with Gasteiger partial charge in [0.2, 0.25) is 21.8 Å². The van der Waals surface area contributed by atoms with Gasteiger partial charge in [-0.25, -0.2) is 8.42 Å². The molecule has 0 aromatic heterocycles. The summed E-state index contributed by atoms with van der Waals surface area (Å²) in [6.07, 6.45) is 1.09. The predicted octanol–water partition coefficient (Wildman–Crippen LogP) is 3.32. The summed E-state index contributed by atoms with van der Waals surface area (Å²) in [5, 5.41) is 2.84. The second kappa shape index (κ2) is 10.8. The van der Waals surface area contributed by atoms with Gasteiger partial charge in [0.05, 0.1) is 11.9 Å². The van der Waals surface area contributed by atoms with E-state index in [-0.39, 0.29) is 18.5 Å². The van der Waals surface area contributed by atoms with Crippen LogP contribution in [0.15, 0.2) is 42.5 Å². The van der Waals surface area contributed by atoms with Gasteiger partial charge in [-0.2, -0.15) is 0 Å². The summed E-state index contributed by atoms with van der Waals surface area (Å²) < 4.78 is 26.6. The van der Waals surface area contributed by atoms with Crippen LogP contribution in [0.25, 0.3) is 0 Å². The highest BCUT2D eigenvalue weighted by Gasteiger charge is 2.31. The minimum Gasteiger partial charge on any atom is -0.352 e. The Morgan fingerprint density at radius 1 is 0.970 bits per heavy atom. The smallest absolute Gasteiger partial charge is 0.244 e. The van der Waals surface area contributed by atoms with E-state index in [4.69, 9.17) is 0 Å². The maximum absolute atomic E-state index is 13.6. The summed E-state index contributed by atoms with van der Waals surface area (Å²) in [7, 11) is -3.75. The van der Waals surface area contributed by atoms with E-state index in [0.717, 1.165) is 32.8 Å². The topological polar surface area (TPSA) is 86.8 Å². The van der Waals surface area contributed by atoms with E-state index in [1.54, 1.807) is 6.92 Å². The van der Waals surface area contributed by atoms with E-state index < -0.39 is 28.5 Å². The minimum atomic E-state index is -3.75. The monoisotopic (exact) mass is 473 g/mol. The van der Waals surface area contributed by atoms with E-state index in [2.05, 4.69) is 5.32 Å². The van der Waals surface area contributed by atoms with Crippen molar-refractivity contribution in [3.63, 3.8) is 0 Å². The molecule has 0 aliphatic heterocycles. The van der Waals surface area contributed by atoms with E-state index in [1.165, 1.54) is 4.90 Å². The lowest BCUT2D eigenvalue weighted by Gasteiger charge is -2.32. The average molecular weight is 474 g/mol. The van der Waals surface area contributed by atoms with Crippen LogP contribution in [-0.2, 0) is 26.2 Å². The van der Waals surface area contributed by atoms with Crippen LogP contribution in [0.3, 0.4) is 0 Å². The van der Waals surface area contributed by atoms with Crippen molar-refractivity contribution in [2.24, 2.45) is 0 Å². The van der Waals surface area contributed by atoms with Crippen molar-refractivity contribution < 1.29 is 18.0 Å². The highest BCUT2D eigenvalue weighted by Crippen LogP contribution is 2.27. The number of sulfonamides is 1. The second-order valence-electron chi connectivity index (χ2n) is 8.86. The summed E-state index contributed by atoms with van der Waals surface area (Å²) in [6, 6.07) is 12.3. The fraction of sp³-hybridized carbons (Fsp3) is 0.440. The molecule has 2 rings (SSSR count). The van der Waals surface area contributed by atoms with Crippen LogP contribution in [0.4, 0.5) is 5.69 Å². The lowest BCUT2D eigenvalue weighted by atomic mass is 10.1. The quantitative estimate of drug-likeness (QED) is 0.605. The van der Waals surface area contributed by atoms with Crippen molar-refractivity contribution in [3.8, 4) is 0 Å². The molecule has 8 heteroatoms. The SMILES string of the molecule is Cc1cccc(CN(C(=O)CN(c2c(C)cccc2C)S(C)(=O)=O)C(C)C(=O)NC(C)C)c1. The molecule has 0 saturated heterocycles. The fourth-order valence-electron chi connectivity index (χ4n) is 3.77. The van der Waals surface area contributed by atoms with Gasteiger partial charge in [0.15, 0.2) is 0 Å². The van der Waals surface area contributed by atoms with Gasteiger partial charge < -0.3 is 10.2 Å². The first-order chi connectivity index (χ1) is 15.3. The number of nitrogens with one attached hydrogen (secondary N) is 1. The Bertz CT molecular complexity index is 1090. The van der Waals surface area contributed by atoms with Crippen LogP contribution in [0.2, 0.25) is 0 Å². The molecule has 1 N–H and O–H groups in total. The number of rotatable bonds is 9. The highest BCUT2D eigenvalue weighted by atomic mass is 32.2. The number of hydrogen-bond acceptors (Lipinski definition) is 4. The van der Waals surface area contributed by atoms with Crippen LogP contribution in [-0.4, -0.2) is 50.0 Å². The van der Waals surface area contributed by atoms with Crippen molar-refractivity contribution in [1.82, 2.24) is 10.2 Å². The lowest BCUT2D eigenvalue weighted by molar-refractivity contribution is -0.139. The molecule has 1 atom stereocenters. The fourth-order valence-corrected chi connectivity index (χ4v) is 4.73. The van der Waals surface area contributed by atoms with E-state index in [0.29, 0.717) is 5.69 Å². The molecule has 2 amide bonds. The molecule has 0 saturated carbocycles. The summed E-state index contributed by atoms with van der Waals surface area (Å²) >= 11 is 0. The average Bonchev–Trinajstić information content (AvgIpc) is 2.69. The van der Waals surface area contributed by atoms with Gasteiger partial charge in [-0.3, -0.25) is 13.9 Å². The number of aryl methyl sites for hydroxylation is 3. The van der Waals surface area contributed by atoms with Crippen LogP contribution in [0.1, 0.15) is 43.0 Å².